The molecule has 3 rings (SSSR count). The van der Waals surface area contributed by atoms with Crippen LogP contribution in [0, 0.1) is 0 Å². The van der Waals surface area contributed by atoms with Crippen LogP contribution in [0.3, 0.4) is 0 Å². The van der Waals surface area contributed by atoms with E-state index in [9.17, 15) is 4.79 Å². The van der Waals surface area contributed by atoms with Crippen molar-refractivity contribution in [3.8, 4) is 0 Å². The molecule has 2 N–H and O–H groups in total. The van der Waals surface area contributed by atoms with Crippen LogP contribution in [0.4, 0.5) is 0 Å². The van der Waals surface area contributed by atoms with Gasteiger partial charge in [0.25, 0.3) is 0 Å². The number of benzene rings is 1. The predicted molar refractivity (Wildman–Crippen MR) is 108 cm³/mol. The lowest BCUT2D eigenvalue weighted by Gasteiger charge is -2.16. The van der Waals surface area contributed by atoms with Gasteiger partial charge in [0.2, 0.25) is 11.1 Å². The normalized spacial score (nSPS) is 11.2. The number of halogens is 1. The number of primary amides is 1. The minimum Gasteiger partial charge on any atom is -0.368 e. The molecule has 0 bridgehead atoms. The summed E-state index contributed by atoms with van der Waals surface area (Å²) in [6.45, 7) is 7.42. The zero-order valence-corrected chi connectivity index (χ0v) is 16.5. The molecule has 0 fully saturated rings. The van der Waals surface area contributed by atoms with E-state index in [4.69, 9.17) is 5.73 Å². The second-order valence-electron chi connectivity index (χ2n) is 5.71. The van der Waals surface area contributed by atoms with Gasteiger partial charge in [-0.1, -0.05) is 43.8 Å². The zero-order chi connectivity index (χ0) is 17.8. The molecule has 2 aromatic heterocycles. The Morgan fingerprint density at radius 2 is 1.96 bits per heavy atom. The van der Waals surface area contributed by atoms with Crippen molar-refractivity contribution in [1.29, 1.82) is 0 Å². The highest BCUT2D eigenvalue weighted by atomic mass is 35.5. The maximum atomic E-state index is 11.5. The van der Waals surface area contributed by atoms with Crippen LogP contribution in [-0.2, 0) is 11.3 Å². The van der Waals surface area contributed by atoms with E-state index in [2.05, 4.69) is 33.9 Å². The van der Waals surface area contributed by atoms with Gasteiger partial charge in [0.1, 0.15) is 12.1 Å². The number of hydrogen-bond donors (Lipinski definition) is 1. The van der Waals surface area contributed by atoms with Gasteiger partial charge in [0, 0.05) is 17.7 Å². The van der Waals surface area contributed by atoms with Gasteiger partial charge >= 0.3 is 0 Å². The fourth-order valence-electron chi connectivity index (χ4n) is 2.87. The highest BCUT2D eigenvalue weighted by Crippen LogP contribution is 2.26. The number of nitrogens with zero attached hydrogens (tertiary/aromatic N) is 5. The van der Waals surface area contributed by atoms with Crippen LogP contribution in [-0.4, -0.2) is 55.9 Å². The van der Waals surface area contributed by atoms with Gasteiger partial charge in [0.15, 0.2) is 5.65 Å². The van der Waals surface area contributed by atoms with E-state index in [-0.39, 0.29) is 19.0 Å². The first-order chi connectivity index (χ1) is 12.1. The summed E-state index contributed by atoms with van der Waals surface area (Å²) in [5, 5.41) is 10.2. The Bertz CT molecular complexity index is 895. The molecule has 3 aromatic rings. The standard InChI is InChI=1S/C17H22N6OS.ClH/c1-3-22(4-2)9-10-25-17-19-16-15(20-21-17)12-7-5-6-8-13(12)23(16)11-14(18)24;/h5-8H,3-4,9-11H2,1-2H3,(H2,18,24);1H. The number of carbonyl (C=O) groups excluding carboxylic acids is 1. The van der Waals surface area contributed by atoms with Gasteiger partial charge in [0.05, 0.1) is 5.52 Å². The van der Waals surface area contributed by atoms with Crippen LogP contribution >= 0.6 is 24.2 Å². The van der Waals surface area contributed by atoms with Crippen molar-refractivity contribution in [1.82, 2.24) is 24.6 Å². The van der Waals surface area contributed by atoms with Crippen molar-refractivity contribution in [2.45, 2.75) is 25.5 Å². The number of carbonyl (C=O) groups is 1. The van der Waals surface area contributed by atoms with Crippen molar-refractivity contribution in [2.24, 2.45) is 5.73 Å². The Hall–Kier alpha value is -1.90. The van der Waals surface area contributed by atoms with Gasteiger partial charge in [-0.3, -0.25) is 4.79 Å². The Balaban J connectivity index is 0.00000243. The minimum atomic E-state index is -0.406. The second-order valence-corrected chi connectivity index (χ2v) is 6.77. The molecule has 1 amide bonds. The average Bonchev–Trinajstić information content (AvgIpc) is 2.92. The molecule has 0 unspecified atom stereocenters. The quantitative estimate of drug-likeness (QED) is 0.589. The van der Waals surface area contributed by atoms with Gasteiger partial charge in [-0.2, -0.15) is 0 Å². The Morgan fingerprint density at radius 3 is 2.65 bits per heavy atom. The maximum Gasteiger partial charge on any atom is 0.237 e. The fraction of sp³-hybridized carbons (Fsp3) is 0.412. The van der Waals surface area contributed by atoms with Crippen LogP contribution < -0.4 is 5.73 Å². The van der Waals surface area contributed by atoms with Crippen LogP contribution in [0.5, 0.6) is 0 Å². The Kier molecular flexibility index (Phi) is 7.19. The molecule has 1 aromatic carbocycles. The predicted octanol–water partition coefficient (Wildman–Crippen LogP) is 2.32. The summed E-state index contributed by atoms with van der Waals surface area (Å²) in [5.41, 5.74) is 7.66. The molecule has 2 heterocycles. The SMILES string of the molecule is CCN(CC)CCSc1nnc2c3ccccc3n(CC(N)=O)c2n1.Cl. The van der Waals surface area contributed by atoms with E-state index in [0.29, 0.717) is 16.3 Å². The molecule has 0 saturated carbocycles. The maximum absolute atomic E-state index is 11.5. The second kappa shape index (κ2) is 9.16. The largest absolute Gasteiger partial charge is 0.368 e. The van der Waals surface area contributed by atoms with E-state index in [1.54, 1.807) is 11.8 Å². The highest BCUT2D eigenvalue weighted by molar-refractivity contribution is 7.99. The molecule has 26 heavy (non-hydrogen) atoms. The average molecular weight is 395 g/mol. The van der Waals surface area contributed by atoms with Crippen molar-refractivity contribution in [3.63, 3.8) is 0 Å². The summed E-state index contributed by atoms with van der Waals surface area (Å²) in [6, 6.07) is 7.75. The third kappa shape index (κ3) is 4.25. The summed E-state index contributed by atoms with van der Waals surface area (Å²) in [4.78, 5) is 18.5. The topological polar surface area (TPSA) is 89.9 Å². The fourth-order valence-corrected chi connectivity index (χ4v) is 3.65. The van der Waals surface area contributed by atoms with Crippen molar-refractivity contribution in [2.75, 3.05) is 25.4 Å². The molecular weight excluding hydrogens is 372 g/mol. The van der Waals surface area contributed by atoms with Crippen LogP contribution in [0.25, 0.3) is 22.1 Å². The molecule has 0 atom stereocenters. The van der Waals surface area contributed by atoms with Crippen LogP contribution in [0.1, 0.15) is 13.8 Å². The lowest BCUT2D eigenvalue weighted by Crippen LogP contribution is -2.25. The van der Waals surface area contributed by atoms with Gasteiger partial charge < -0.3 is 15.2 Å². The monoisotopic (exact) mass is 394 g/mol. The van der Waals surface area contributed by atoms with Gasteiger partial charge in [-0.05, 0) is 19.2 Å². The van der Waals surface area contributed by atoms with Crippen molar-refractivity contribution >= 4 is 52.1 Å². The van der Waals surface area contributed by atoms with Gasteiger partial charge in [-0.15, -0.1) is 22.6 Å². The summed E-state index contributed by atoms with van der Waals surface area (Å²) in [6.07, 6.45) is 0. The molecule has 0 aliphatic rings. The van der Waals surface area contributed by atoms with Gasteiger partial charge in [-0.25, -0.2) is 4.98 Å². The number of rotatable bonds is 8. The Morgan fingerprint density at radius 1 is 1.23 bits per heavy atom. The van der Waals surface area contributed by atoms with E-state index in [0.717, 1.165) is 36.3 Å². The van der Waals surface area contributed by atoms with E-state index < -0.39 is 5.91 Å². The molecule has 7 nitrogen and oxygen atoms in total. The Labute approximate surface area is 162 Å². The van der Waals surface area contributed by atoms with E-state index in [1.807, 2.05) is 28.8 Å². The number of amides is 1. The van der Waals surface area contributed by atoms with Crippen molar-refractivity contribution < 1.29 is 4.79 Å². The third-order valence-corrected chi connectivity index (χ3v) is 5.02. The molecule has 0 spiro atoms. The van der Waals surface area contributed by atoms with E-state index in [1.165, 1.54) is 0 Å². The minimum absolute atomic E-state index is 0. The highest BCUT2D eigenvalue weighted by Gasteiger charge is 2.16. The first kappa shape index (κ1) is 20.4. The number of hydrogen-bond acceptors (Lipinski definition) is 6. The third-order valence-electron chi connectivity index (χ3n) is 4.20. The molecular formula is C17H23ClN6OS. The van der Waals surface area contributed by atoms with E-state index >= 15 is 0 Å². The molecule has 9 heteroatoms. The smallest absolute Gasteiger partial charge is 0.237 e. The lowest BCUT2D eigenvalue weighted by molar-refractivity contribution is -0.118. The molecule has 0 radical (unpaired) electrons. The number of nitrogens with two attached hydrogens (primary N) is 1. The number of thioether (sulfide) groups is 1. The number of fused-ring (bicyclic) bond motifs is 3. The zero-order valence-electron chi connectivity index (χ0n) is 14.9. The first-order valence-corrected chi connectivity index (χ1v) is 9.37. The molecule has 0 saturated heterocycles. The number of aromatic nitrogens is 4. The molecule has 140 valence electrons. The van der Waals surface area contributed by atoms with Crippen LogP contribution in [0.15, 0.2) is 29.4 Å². The summed E-state index contributed by atoms with van der Waals surface area (Å²) in [5.74, 6) is 0.488. The van der Waals surface area contributed by atoms with Crippen molar-refractivity contribution in [3.05, 3.63) is 24.3 Å². The lowest BCUT2D eigenvalue weighted by atomic mass is 10.2. The summed E-state index contributed by atoms with van der Waals surface area (Å²) >= 11 is 1.58. The molecule has 0 aliphatic heterocycles. The first-order valence-electron chi connectivity index (χ1n) is 8.39. The molecule has 0 aliphatic carbocycles. The summed E-state index contributed by atoms with van der Waals surface area (Å²) in [7, 11) is 0. The van der Waals surface area contributed by atoms with Crippen LogP contribution in [0.2, 0.25) is 0 Å². The summed E-state index contributed by atoms with van der Waals surface area (Å²) < 4.78 is 1.82. The number of para-hydroxylation sites is 1.